The molecule has 0 aliphatic heterocycles. The Morgan fingerprint density at radius 2 is 1.97 bits per heavy atom. The number of rotatable bonds is 9. The van der Waals surface area contributed by atoms with Crippen LogP contribution in [0, 0.1) is 17.0 Å². The monoisotopic (exact) mass is 397 g/mol. The van der Waals surface area contributed by atoms with Crippen LogP contribution in [0.1, 0.15) is 34.3 Å². The third-order valence-electron chi connectivity index (χ3n) is 4.68. The van der Waals surface area contributed by atoms with E-state index in [0.717, 1.165) is 24.0 Å². The van der Waals surface area contributed by atoms with Crippen molar-refractivity contribution in [1.82, 2.24) is 5.32 Å². The lowest BCUT2D eigenvalue weighted by molar-refractivity contribution is -0.384. The van der Waals surface area contributed by atoms with Gasteiger partial charge in [0.15, 0.2) is 6.61 Å². The molecular weight excluding hydrogens is 374 g/mol. The van der Waals surface area contributed by atoms with Crippen LogP contribution in [0.15, 0.2) is 42.5 Å². The van der Waals surface area contributed by atoms with Gasteiger partial charge in [0, 0.05) is 18.7 Å². The number of hydrogen-bond acceptors (Lipinski definition) is 6. The molecule has 0 atom stereocenters. The van der Waals surface area contributed by atoms with Gasteiger partial charge in [-0.1, -0.05) is 24.3 Å². The fraction of sp³-hybridized carbons (Fsp3) is 0.333. The first-order chi connectivity index (χ1) is 13.9. The molecule has 152 valence electrons. The molecule has 29 heavy (non-hydrogen) atoms. The summed E-state index contributed by atoms with van der Waals surface area (Å²) in [6, 6.07) is 12.3. The van der Waals surface area contributed by atoms with Crippen molar-refractivity contribution in [2.75, 3.05) is 18.5 Å². The van der Waals surface area contributed by atoms with Crippen LogP contribution in [0.5, 0.6) is 0 Å². The number of carbonyl (C=O) groups is 2. The molecule has 2 aromatic carbocycles. The molecule has 2 N–H and O–H groups in total. The van der Waals surface area contributed by atoms with Crippen molar-refractivity contribution < 1.29 is 19.2 Å². The van der Waals surface area contributed by atoms with Crippen molar-refractivity contribution in [2.24, 2.45) is 0 Å². The Labute approximate surface area is 168 Å². The molecule has 8 nitrogen and oxygen atoms in total. The summed E-state index contributed by atoms with van der Waals surface area (Å²) in [6.07, 6.45) is 2.62. The summed E-state index contributed by atoms with van der Waals surface area (Å²) < 4.78 is 4.99. The second-order valence-corrected chi connectivity index (χ2v) is 7.01. The van der Waals surface area contributed by atoms with E-state index in [1.54, 1.807) is 0 Å². The standard InChI is InChI=1S/C21H23N3O5/c1-14-4-2-3-5-15(14)10-11-22-20(25)13-29-21(26)16-6-9-18(23-17-7-8-17)19(12-16)24(27)28/h2-6,9,12,17,23H,7-8,10-11,13H2,1H3,(H,22,25). The lowest BCUT2D eigenvalue weighted by atomic mass is 10.1. The zero-order valence-corrected chi connectivity index (χ0v) is 16.1. The van der Waals surface area contributed by atoms with E-state index in [4.69, 9.17) is 4.74 Å². The summed E-state index contributed by atoms with van der Waals surface area (Å²) in [4.78, 5) is 34.8. The Bertz CT molecular complexity index is 924. The normalized spacial score (nSPS) is 12.9. The Balaban J connectivity index is 1.49. The number of amides is 1. The van der Waals surface area contributed by atoms with Crippen LogP contribution in [0.25, 0.3) is 0 Å². The van der Waals surface area contributed by atoms with Gasteiger partial charge in [-0.3, -0.25) is 14.9 Å². The van der Waals surface area contributed by atoms with Crippen LogP contribution in [-0.4, -0.2) is 36.0 Å². The molecule has 0 saturated heterocycles. The highest BCUT2D eigenvalue weighted by Gasteiger charge is 2.26. The van der Waals surface area contributed by atoms with Crippen molar-refractivity contribution >= 4 is 23.3 Å². The van der Waals surface area contributed by atoms with Gasteiger partial charge >= 0.3 is 5.97 Å². The number of nitrogens with zero attached hydrogens (tertiary/aromatic N) is 1. The minimum atomic E-state index is -0.778. The number of ether oxygens (including phenoxy) is 1. The number of benzene rings is 2. The fourth-order valence-corrected chi connectivity index (χ4v) is 2.87. The zero-order valence-electron chi connectivity index (χ0n) is 16.1. The van der Waals surface area contributed by atoms with Crippen molar-refractivity contribution in [3.8, 4) is 0 Å². The van der Waals surface area contributed by atoms with Crippen molar-refractivity contribution in [3.63, 3.8) is 0 Å². The van der Waals surface area contributed by atoms with Crippen molar-refractivity contribution in [1.29, 1.82) is 0 Å². The molecule has 1 amide bonds. The van der Waals surface area contributed by atoms with E-state index in [1.165, 1.54) is 18.2 Å². The second kappa shape index (κ2) is 9.18. The van der Waals surface area contributed by atoms with Crippen molar-refractivity contribution in [2.45, 2.75) is 32.2 Å². The first-order valence-electron chi connectivity index (χ1n) is 9.47. The summed E-state index contributed by atoms with van der Waals surface area (Å²) in [5, 5.41) is 17.0. The van der Waals surface area contributed by atoms with Gasteiger partial charge in [-0.15, -0.1) is 0 Å². The number of aryl methyl sites for hydroxylation is 1. The van der Waals surface area contributed by atoms with Gasteiger partial charge in [0.1, 0.15) is 5.69 Å². The van der Waals surface area contributed by atoms with E-state index >= 15 is 0 Å². The van der Waals surface area contributed by atoms with Gasteiger partial charge < -0.3 is 15.4 Å². The highest BCUT2D eigenvalue weighted by Crippen LogP contribution is 2.31. The topological polar surface area (TPSA) is 111 Å². The molecule has 0 aromatic heterocycles. The molecule has 8 heteroatoms. The van der Waals surface area contributed by atoms with E-state index < -0.39 is 23.4 Å². The smallest absolute Gasteiger partial charge is 0.338 e. The van der Waals surface area contributed by atoms with Gasteiger partial charge in [-0.05, 0) is 49.4 Å². The highest BCUT2D eigenvalue weighted by atomic mass is 16.6. The zero-order chi connectivity index (χ0) is 20.8. The molecule has 2 aromatic rings. The summed E-state index contributed by atoms with van der Waals surface area (Å²) in [6.45, 7) is 1.99. The molecule has 3 rings (SSSR count). The van der Waals surface area contributed by atoms with Crippen LogP contribution >= 0.6 is 0 Å². The van der Waals surface area contributed by atoms with Crippen LogP contribution < -0.4 is 10.6 Å². The lowest BCUT2D eigenvalue weighted by Gasteiger charge is -2.09. The predicted octanol–water partition coefficient (Wildman–Crippen LogP) is 2.99. The molecule has 0 unspecified atom stereocenters. The highest BCUT2D eigenvalue weighted by molar-refractivity contribution is 5.93. The number of nitro benzene ring substituents is 1. The molecule has 1 aliphatic carbocycles. The summed E-state index contributed by atoms with van der Waals surface area (Å²) in [5.74, 6) is -1.20. The molecule has 0 heterocycles. The Kier molecular flexibility index (Phi) is 6.43. The van der Waals surface area contributed by atoms with Gasteiger partial charge in [0.2, 0.25) is 0 Å². The Hall–Kier alpha value is -3.42. The molecule has 0 bridgehead atoms. The van der Waals surface area contributed by atoms with Crippen LogP contribution in [0.2, 0.25) is 0 Å². The lowest BCUT2D eigenvalue weighted by Crippen LogP contribution is -2.30. The summed E-state index contributed by atoms with van der Waals surface area (Å²) in [7, 11) is 0. The molecule has 0 radical (unpaired) electrons. The minimum Gasteiger partial charge on any atom is -0.452 e. The minimum absolute atomic E-state index is 0.0331. The number of anilines is 1. The quantitative estimate of drug-likeness (QED) is 0.382. The van der Waals surface area contributed by atoms with E-state index in [9.17, 15) is 19.7 Å². The molecular formula is C21H23N3O5. The summed E-state index contributed by atoms with van der Waals surface area (Å²) >= 11 is 0. The van der Waals surface area contributed by atoms with Crippen LogP contribution in [0.4, 0.5) is 11.4 Å². The Morgan fingerprint density at radius 3 is 2.66 bits per heavy atom. The van der Waals surface area contributed by atoms with E-state index in [-0.39, 0.29) is 17.3 Å². The third kappa shape index (κ3) is 5.78. The second-order valence-electron chi connectivity index (χ2n) is 7.01. The fourth-order valence-electron chi connectivity index (χ4n) is 2.87. The summed E-state index contributed by atoms with van der Waals surface area (Å²) in [5.41, 5.74) is 2.51. The number of nitrogens with one attached hydrogen (secondary N) is 2. The number of nitro groups is 1. The maximum Gasteiger partial charge on any atom is 0.338 e. The molecule has 1 aliphatic rings. The SMILES string of the molecule is Cc1ccccc1CCNC(=O)COC(=O)c1ccc(NC2CC2)c([N+](=O)[O-])c1. The molecule has 1 saturated carbocycles. The van der Waals surface area contributed by atoms with Gasteiger partial charge in [0.05, 0.1) is 10.5 Å². The average molecular weight is 397 g/mol. The number of esters is 1. The Morgan fingerprint density at radius 1 is 1.21 bits per heavy atom. The first-order valence-corrected chi connectivity index (χ1v) is 9.47. The average Bonchev–Trinajstić information content (AvgIpc) is 3.52. The van der Waals surface area contributed by atoms with E-state index in [2.05, 4.69) is 10.6 Å². The third-order valence-corrected chi connectivity index (χ3v) is 4.68. The van der Waals surface area contributed by atoms with Crippen LogP contribution in [0.3, 0.4) is 0 Å². The molecule has 0 spiro atoms. The molecule has 1 fully saturated rings. The van der Waals surface area contributed by atoms with Crippen molar-refractivity contribution in [3.05, 3.63) is 69.3 Å². The first kappa shape index (κ1) is 20.3. The predicted molar refractivity (Wildman–Crippen MR) is 108 cm³/mol. The number of hydrogen-bond donors (Lipinski definition) is 2. The maximum absolute atomic E-state index is 12.2. The van der Waals surface area contributed by atoms with E-state index in [1.807, 2.05) is 31.2 Å². The maximum atomic E-state index is 12.2. The van der Waals surface area contributed by atoms with Gasteiger partial charge in [0.25, 0.3) is 11.6 Å². The number of carbonyl (C=O) groups excluding carboxylic acids is 2. The largest absolute Gasteiger partial charge is 0.452 e. The van der Waals surface area contributed by atoms with E-state index in [0.29, 0.717) is 18.7 Å². The van der Waals surface area contributed by atoms with Gasteiger partial charge in [-0.25, -0.2) is 4.79 Å². The van der Waals surface area contributed by atoms with Crippen LogP contribution in [-0.2, 0) is 16.0 Å². The van der Waals surface area contributed by atoms with Gasteiger partial charge in [-0.2, -0.15) is 0 Å².